The number of nitrogens with zero attached hydrogens (tertiary/aromatic N) is 3. The van der Waals surface area contributed by atoms with Crippen LogP contribution in [-0.4, -0.2) is 40.2 Å². The number of alkyl halides is 3. The zero-order chi connectivity index (χ0) is 15.5. The molecule has 0 amide bonds. The van der Waals surface area contributed by atoms with Crippen LogP contribution >= 0.6 is 0 Å². The van der Waals surface area contributed by atoms with E-state index in [0.29, 0.717) is 4.90 Å². The molecule has 1 heterocycles. The van der Waals surface area contributed by atoms with E-state index in [4.69, 9.17) is 5.11 Å². The fourth-order valence-corrected chi connectivity index (χ4v) is 1.50. The van der Waals surface area contributed by atoms with Gasteiger partial charge in [0.1, 0.15) is 25.1 Å². The minimum Gasteiger partial charge on any atom is -0.480 e. The summed E-state index contributed by atoms with van der Waals surface area (Å²) in [6, 6.07) is 1.05. The van der Waals surface area contributed by atoms with Gasteiger partial charge in [0.15, 0.2) is 0 Å². The van der Waals surface area contributed by atoms with Gasteiger partial charge in [0.05, 0.1) is 4.92 Å². The fourth-order valence-electron chi connectivity index (χ4n) is 1.50. The summed E-state index contributed by atoms with van der Waals surface area (Å²) in [6.07, 6.45) is -3.82. The number of aliphatic carboxylic acids is 1. The topological polar surface area (TPSA) is 96.6 Å². The Balaban J connectivity index is 3.10. The lowest BCUT2D eigenvalue weighted by Crippen LogP contribution is -2.38. The molecular formula is C10H10F3N3O4. The minimum atomic E-state index is -4.62. The van der Waals surface area contributed by atoms with Crippen molar-refractivity contribution >= 4 is 17.5 Å². The summed E-state index contributed by atoms with van der Waals surface area (Å²) in [5, 5.41) is 19.2. The van der Waals surface area contributed by atoms with Gasteiger partial charge in [-0.1, -0.05) is 0 Å². The summed E-state index contributed by atoms with van der Waals surface area (Å²) < 4.78 is 37.1. The molecule has 0 saturated carbocycles. The molecule has 0 radical (unpaired) electrons. The molecule has 20 heavy (non-hydrogen) atoms. The highest BCUT2D eigenvalue weighted by molar-refractivity contribution is 5.73. The number of aryl methyl sites for hydroxylation is 1. The molecule has 0 atom stereocenters. The standard InChI is InChI=1S/C10H10F3N3O4/c1-6-2-8(14-3-7(6)16(19)20)15(4-9(17)18)5-10(11,12)13/h2-3H,4-5H2,1H3,(H,17,18). The first-order chi connectivity index (χ1) is 9.10. The molecule has 0 aromatic carbocycles. The summed E-state index contributed by atoms with van der Waals surface area (Å²) in [7, 11) is 0. The van der Waals surface area contributed by atoms with Crippen LogP contribution in [0, 0.1) is 17.0 Å². The van der Waals surface area contributed by atoms with Crippen molar-refractivity contribution < 1.29 is 28.0 Å². The number of anilines is 1. The molecule has 7 nitrogen and oxygen atoms in total. The molecular weight excluding hydrogens is 283 g/mol. The van der Waals surface area contributed by atoms with E-state index in [-0.39, 0.29) is 17.1 Å². The second-order valence-corrected chi connectivity index (χ2v) is 3.95. The van der Waals surface area contributed by atoms with E-state index in [0.717, 1.165) is 12.3 Å². The molecule has 0 fully saturated rings. The third-order valence-corrected chi connectivity index (χ3v) is 2.29. The smallest absolute Gasteiger partial charge is 0.405 e. The van der Waals surface area contributed by atoms with Gasteiger partial charge < -0.3 is 10.0 Å². The SMILES string of the molecule is Cc1cc(N(CC(=O)O)CC(F)(F)F)ncc1[N+](=O)[O-]. The highest BCUT2D eigenvalue weighted by atomic mass is 19.4. The lowest BCUT2D eigenvalue weighted by molar-refractivity contribution is -0.385. The first kappa shape index (κ1) is 15.7. The average molecular weight is 293 g/mol. The monoisotopic (exact) mass is 293 g/mol. The highest BCUT2D eigenvalue weighted by Gasteiger charge is 2.32. The fraction of sp³-hybridized carbons (Fsp3) is 0.400. The van der Waals surface area contributed by atoms with Crippen LogP contribution in [0.4, 0.5) is 24.7 Å². The quantitative estimate of drug-likeness (QED) is 0.656. The van der Waals surface area contributed by atoms with Gasteiger partial charge in [0, 0.05) is 5.56 Å². The molecule has 10 heteroatoms. The Morgan fingerprint density at radius 1 is 1.55 bits per heavy atom. The number of rotatable bonds is 5. The Bertz CT molecular complexity index is 533. The molecule has 0 bridgehead atoms. The van der Waals surface area contributed by atoms with Crippen molar-refractivity contribution in [2.75, 3.05) is 18.0 Å². The van der Waals surface area contributed by atoms with Crippen molar-refractivity contribution in [1.29, 1.82) is 0 Å². The van der Waals surface area contributed by atoms with Gasteiger partial charge in [-0.2, -0.15) is 13.2 Å². The maximum atomic E-state index is 12.4. The predicted molar refractivity (Wildman–Crippen MR) is 61.5 cm³/mol. The lowest BCUT2D eigenvalue weighted by atomic mass is 10.2. The van der Waals surface area contributed by atoms with Gasteiger partial charge in [-0.05, 0) is 13.0 Å². The first-order valence-corrected chi connectivity index (χ1v) is 5.24. The second kappa shape index (κ2) is 5.72. The molecule has 0 aliphatic carbocycles. The van der Waals surface area contributed by atoms with Crippen molar-refractivity contribution in [2.24, 2.45) is 0 Å². The van der Waals surface area contributed by atoms with Gasteiger partial charge in [0.25, 0.3) is 5.69 Å². The van der Waals surface area contributed by atoms with Crippen molar-refractivity contribution in [3.63, 3.8) is 0 Å². The normalized spacial score (nSPS) is 11.2. The number of carboxylic acids is 1. The molecule has 1 rings (SSSR count). The van der Waals surface area contributed by atoms with E-state index in [2.05, 4.69) is 4.98 Å². The van der Waals surface area contributed by atoms with Crippen LogP contribution < -0.4 is 4.90 Å². The zero-order valence-electron chi connectivity index (χ0n) is 10.2. The number of carboxylic acid groups (broad SMARTS) is 1. The number of hydrogen-bond donors (Lipinski definition) is 1. The van der Waals surface area contributed by atoms with Crippen LogP contribution in [0.15, 0.2) is 12.3 Å². The van der Waals surface area contributed by atoms with Crippen LogP contribution in [0.2, 0.25) is 0 Å². The summed E-state index contributed by atoms with van der Waals surface area (Å²) in [6.45, 7) is -1.09. The van der Waals surface area contributed by atoms with Crippen molar-refractivity contribution in [1.82, 2.24) is 4.98 Å². The van der Waals surface area contributed by atoms with Crippen LogP contribution in [0.5, 0.6) is 0 Å². The Labute approximate surface area is 110 Å². The highest BCUT2D eigenvalue weighted by Crippen LogP contribution is 2.24. The predicted octanol–water partition coefficient (Wildman–Crippen LogP) is 1.75. The number of aromatic nitrogens is 1. The average Bonchev–Trinajstić information content (AvgIpc) is 2.24. The van der Waals surface area contributed by atoms with E-state index in [1.807, 2.05) is 0 Å². The molecule has 0 aliphatic heterocycles. The molecule has 1 N–H and O–H groups in total. The third-order valence-electron chi connectivity index (χ3n) is 2.29. The number of halogens is 3. The number of carbonyl (C=O) groups is 1. The zero-order valence-corrected chi connectivity index (χ0v) is 10.2. The minimum absolute atomic E-state index is 0.0950. The van der Waals surface area contributed by atoms with Gasteiger partial charge in [-0.25, -0.2) is 4.98 Å². The Hall–Kier alpha value is -2.39. The Kier molecular flexibility index (Phi) is 4.48. The van der Waals surface area contributed by atoms with Crippen molar-refractivity contribution in [3.8, 4) is 0 Å². The summed E-state index contributed by atoms with van der Waals surface area (Å²) in [5.74, 6) is -1.75. The third kappa shape index (κ3) is 4.37. The van der Waals surface area contributed by atoms with E-state index >= 15 is 0 Å². The van der Waals surface area contributed by atoms with Crippen molar-refractivity contribution in [3.05, 3.63) is 27.9 Å². The maximum absolute atomic E-state index is 12.4. The first-order valence-electron chi connectivity index (χ1n) is 5.24. The number of nitro groups is 1. The number of hydrogen-bond acceptors (Lipinski definition) is 5. The number of pyridine rings is 1. The molecule has 110 valence electrons. The van der Waals surface area contributed by atoms with E-state index < -0.39 is 30.2 Å². The molecule has 1 aromatic heterocycles. The summed E-state index contributed by atoms with van der Waals surface area (Å²) in [4.78, 5) is 24.5. The lowest BCUT2D eigenvalue weighted by Gasteiger charge is -2.23. The van der Waals surface area contributed by atoms with Gasteiger partial charge in [-0.15, -0.1) is 0 Å². The van der Waals surface area contributed by atoms with Crippen LogP contribution in [0.1, 0.15) is 5.56 Å². The van der Waals surface area contributed by atoms with E-state index in [1.165, 1.54) is 6.92 Å². The molecule has 0 spiro atoms. The van der Waals surface area contributed by atoms with Crippen LogP contribution in [0.3, 0.4) is 0 Å². The van der Waals surface area contributed by atoms with Gasteiger partial charge >= 0.3 is 12.1 Å². The Morgan fingerprint density at radius 2 is 2.15 bits per heavy atom. The van der Waals surface area contributed by atoms with Gasteiger partial charge in [0.2, 0.25) is 0 Å². The van der Waals surface area contributed by atoms with Crippen molar-refractivity contribution in [2.45, 2.75) is 13.1 Å². The Morgan fingerprint density at radius 3 is 2.55 bits per heavy atom. The molecule has 0 aliphatic rings. The maximum Gasteiger partial charge on any atom is 0.405 e. The van der Waals surface area contributed by atoms with E-state index in [1.54, 1.807) is 0 Å². The molecule has 1 aromatic rings. The van der Waals surface area contributed by atoms with Crippen LogP contribution in [0.25, 0.3) is 0 Å². The summed E-state index contributed by atoms with van der Waals surface area (Å²) in [5.41, 5.74) is -0.256. The van der Waals surface area contributed by atoms with Gasteiger partial charge in [-0.3, -0.25) is 14.9 Å². The second-order valence-electron chi connectivity index (χ2n) is 3.95. The summed E-state index contributed by atoms with van der Waals surface area (Å²) >= 11 is 0. The largest absolute Gasteiger partial charge is 0.480 e. The van der Waals surface area contributed by atoms with Crippen LogP contribution in [-0.2, 0) is 4.79 Å². The van der Waals surface area contributed by atoms with E-state index in [9.17, 15) is 28.1 Å². The molecule has 0 unspecified atom stereocenters. The molecule has 0 saturated heterocycles.